The third-order valence-electron chi connectivity index (χ3n) is 3.96. The van der Waals surface area contributed by atoms with Crippen molar-refractivity contribution in [2.24, 2.45) is 7.05 Å². The molecule has 0 radical (unpaired) electrons. The van der Waals surface area contributed by atoms with Crippen molar-refractivity contribution in [1.29, 1.82) is 0 Å². The van der Waals surface area contributed by atoms with Crippen molar-refractivity contribution < 1.29 is 4.39 Å². The summed E-state index contributed by atoms with van der Waals surface area (Å²) < 4.78 is 16.1. The van der Waals surface area contributed by atoms with Crippen molar-refractivity contribution in [2.75, 3.05) is 11.4 Å². The van der Waals surface area contributed by atoms with Gasteiger partial charge in [-0.15, -0.1) is 0 Å². The van der Waals surface area contributed by atoms with Crippen LogP contribution in [0.3, 0.4) is 0 Å². The van der Waals surface area contributed by atoms with Gasteiger partial charge in [-0.3, -0.25) is 4.68 Å². The molecular formula is C16H20FN3. The highest BCUT2D eigenvalue weighted by Gasteiger charge is 2.22. The molecule has 2 aromatic rings. The number of anilines is 1. The quantitative estimate of drug-likeness (QED) is 0.836. The van der Waals surface area contributed by atoms with Crippen molar-refractivity contribution >= 4 is 5.69 Å². The molecule has 0 saturated carbocycles. The molecule has 4 heteroatoms. The van der Waals surface area contributed by atoms with E-state index in [0.717, 1.165) is 30.6 Å². The van der Waals surface area contributed by atoms with E-state index < -0.39 is 0 Å². The normalized spacial score (nSPS) is 14.8. The number of aromatic nitrogens is 2. The highest BCUT2D eigenvalue weighted by Crippen LogP contribution is 2.34. The maximum atomic E-state index is 14.4. The largest absolute Gasteiger partial charge is 0.369 e. The van der Waals surface area contributed by atoms with Crippen molar-refractivity contribution in [3.8, 4) is 11.1 Å². The fourth-order valence-corrected chi connectivity index (χ4v) is 2.95. The zero-order chi connectivity index (χ0) is 14.3. The third-order valence-corrected chi connectivity index (χ3v) is 3.96. The van der Waals surface area contributed by atoms with Gasteiger partial charge in [-0.2, -0.15) is 5.10 Å². The van der Waals surface area contributed by atoms with Crippen LogP contribution in [-0.2, 0) is 13.5 Å². The zero-order valence-corrected chi connectivity index (χ0v) is 12.2. The van der Waals surface area contributed by atoms with E-state index in [1.54, 1.807) is 16.9 Å². The van der Waals surface area contributed by atoms with Crippen LogP contribution in [0.1, 0.15) is 25.8 Å². The van der Waals surface area contributed by atoms with E-state index in [0.29, 0.717) is 11.6 Å². The molecule has 0 N–H and O–H groups in total. The molecule has 1 aromatic carbocycles. The van der Waals surface area contributed by atoms with E-state index in [2.05, 4.69) is 23.8 Å². The Kier molecular flexibility index (Phi) is 3.24. The molecule has 0 fully saturated rings. The first-order valence-electron chi connectivity index (χ1n) is 7.14. The number of nitrogens with zero attached hydrogens (tertiary/aromatic N) is 3. The van der Waals surface area contributed by atoms with E-state index in [-0.39, 0.29) is 5.82 Å². The predicted molar refractivity (Wildman–Crippen MR) is 79.4 cm³/mol. The van der Waals surface area contributed by atoms with Crippen molar-refractivity contribution in [3.63, 3.8) is 0 Å². The van der Waals surface area contributed by atoms with Gasteiger partial charge in [0.05, 0.1) is 6.20 Å². The van der Waals surface area contributed by atoms with Crippen LogP contribution in [0, 0.1) is 5.82 Å². The lowest BCUT2D eigenvalue weighted by Gasteiger charge is -2.35. The van der Waals surface area contributed by atoms with Gasteiger partial charge in [0.2, 0.25) is 0 Å². The molecule has 20 heavy (non-hydrogen) atoms. The van der Waals surface area contributed by atoms with Gasteiger partial charge in [0.25, 0.3) is 0 Å². The molecule has 0 aliphatic carbocycles. The fourth-order valence-electron chi connectivity index (χ4n) is 2.95. The summed E-state index contributed by atoms with van der Waals surface area (Å²) in [5.74, 6) is -0.163. The van der Waals surface area contributed by atoms with E-state index in [9.17, 15) is 4.39 Å². The second-order valence-electron chi connectivity index (χ2n) is 5.75. The minimum atomic E-state index is -0.163. The number of rotatable bonds is 2. The van der Waals surface area contributed by atoms with Crippen LogP contribution in [0.15, 0.2) is 24.5 Å². The average molecular weight is 273 g/mol. The Morgan fingerprint density at radius 3 is 2.75 bits per heavy atom. The minimum absolute atomic E-state index is 0.163. The molecule has 0 atom stereocenters. The molecule has 2 heterocycles. The molecule has 0 unspecified atom stereocenters. The van der Waals surface area contributed by atoms with Gasteiger partial charge in [0, 0.05) is 42.6 Å². The molecule has 0 saturated heterocycles. The van der Waals surface area contributed by atoms with Crippen LogP contribution < -0.4 is 4.90 Å². The average Bonchev–Trinajstić information content (AvgIpc) is 2.83. The number of hydrogen-bond acceptors (Lipinski definition) is 2. The molecule has 0 spiro atoms. The van der Waals surface area contributed by atoms with Crippen LogP contribution in [0.25, 0.3) is 11.1 Å². The Morgan fingerprint density at radius 2 is 2.10 bits per heavy atom. The Morgan fingerprint density at radius 1 is 1.30 bits per heavy atom. The maximum absolute atomic E-state index is 14.4. The topological polar surface area (TPSA) is 21.1 Å². The van der Waals surface area contributed by atoms with Crippen LogP contribution in [0.4, 0.5) is 10.1 Å². The summed E-state index contributed by atoms with van der Waals surface area (Å²) in [5, 5.41) is 4.13. The SMILES string of the molecule is CC(C)N1CCCc2cc(-c3cnn(C)c3)c(F)cc21. The molecular weight excluding hydrogens is 253 g/mol. The molecule has 1 aromatic heterocycles. The first-order valence-corrected chi connectivity index (χ1v) is 7.14. The molecule has 1 aliphatic heterocycles. The van der Waals surface area contributed by atoms with E-state index in [1.807, 2.05) is 19.3 Å². The van der Waals surface area contributed by atoms with Crippen molar-refractivity contribution in [3.05, 3.63) is 35.9 Å². The standard InChI is InChI=1S/C16H20FN3/c1-11(2)20-6-4-5-12-7-14(15(17)8-16(12)20)13-9-18-19(3)10-13/h7-11H,4-6H2,1-3H3. The summed E-state index contributed by atoms with van der Waals surface area (Å²) in [6, 6.07) is 4.09. The summed E-state index contributed by atoms with van der Waals surface area (Å²) in [6.45, 7) is 5.32. The zero-order valence-electron chi connectivity index (χ0n) is 12.2. The fraction of sp³-hybridized carbons (Fsp3) is 0.438. The second-order valence-corrected chi connectivity index (χ2v) is 5.75. The first-order chi connectivity index (χ1) is 9.56. The summed E-state index contributed by atoms with van der Waals surface area (Å²) in [6.07, 6.45) is 5.72. The number of hydrogen-bond donors (Lipinski definition) is 0. The molecule has 3 rings (SSSR count). The summed E-state index contributed by atoms with van der Waals surface area (Å²) in [5.41, 5.74) is 3.79. The second kappa shape index (κ2) is 4.93. The predicted octanol–water partition coefficient (Wildman–Crippen LogP) is 3.39. The van der Waals surface area contributed by atoms with E-state index >= 15 is 0 Å². The Hall–Kier alpha value is -1.84. The highest BCUT2D eigenvalue weighted by atomic mass is 19.1. The van der Waals surface area contributed by atoms with Crippen molar-refractivity contribution in [1.82, 2.24) is 9.78 Å². The summed E-state index contributed by atoms with van der Waals surface area (Å²) >= 11 is 0. The Balaban J connectivity index is 2.08. The number of halogens is 1. The molecule has 0 amide bonds. The van der Waals surface area contributed by atoms with E-state index in [1.165, 1.54) is 5.56 Å². The molecule has 106 valence electrons. The lowest BCUT2D eigenvalue weighted by atomic mass is 9.96. The summed E-state index contributed by atoms with van der Waals surface area (Å²) in [4.78, 5) is 2.29. The van der Waals surface area contributed by atoms with Gasteiger partial charge >= 0.3 is 0 Å². The summed E-state index contributed by atoms with van der Waals surface area (Å²) in [7, 11) is 1.85. The van der Waals surface area contributed by atoms with E-state index in [4.69, 9.17) is 0 Å². The van der Waals surface area contributed by atoms with Crippen LogP contribution in [-0.4, -0.2) is 22.4 Å². The molecule has 0 bridgehead atoms. The van der Waals surface area contributed by atoms with Gasteiger partial charge < -0.3 is 4.90 Å². The Labute approximate surface area is 119 Å². The van der Waals surface area contributed by atoms with Gasteiger partial charge in [-0.1, -0.05) is 0 Å². The monoisotopic (exact) mass is 273 g/mol. The van der Waals surface area contributed by atoms with Gasteiger partial charge in [-0.05, 0) is 44.4 Å². The van der Waals surface area contributed by atoms with Crippen LogP contribution in [0.2, 0.25) is 0 Å². The lowest BCUT2D eigenvalue weighted by molar-refractivity contribution is 0.605. The van der Waals surface area contributed by atoms with Crippen LogP contribution in [0.5, 0.6) is 0 Å². The number of benzene rings is 1. The van der Waals surface area contributed by atoms with Gasteiger partial charge in [0.15, 0.2) is 0 Å². The number of aryl methyl sites for hydroxylation is 2. The number of fused-ring (bicyclic) bond motifs is 1. The van der Waals surface area contributed by atoms with Crippen molar-refractivity contribution in [2.45, 2.75) is 32.7 Å². The Bertz CT molecular complexity index is 631. The van der Waals surface area contributed by atoms with Gasteiger partial charge in [0.1, 0.15) is 5.82 Å². The smallest absolute Gasteiger partial charge is 0.133 e. The maximum Gasteiger partial charge on any atom is 0.133 e. The van der Waals surface area contributed by atoms with Crippen LogP contribution >= 0.6 is 0 Å². The first kappa shape index (κ1) is 13.2. The van der Waals surface area contributed by atoms with Gasteiger partial charge in [-0.25, -0.2) is 4.39 Å². The molecule has 3 nitrogen and oxygen atoms in total. The highest BCUT2D eigenvalue weighted by molar-refractivity contribution is 5.70. The lowest BCUT2D eigenvalue weighted by Crippen LogP contribution is -2.35. The third kappa shape index (κ3) is 2.19. The minimum Gasteiger partial charge on any atom is -0.369 e. The molecule has 1 aliphatic rings.